The van der Waals surface area contributed by atoms with Crippen molar-refractivity contribution in [2.24, 2.45) is 5.92 Å². The Hall–Kier alpha value is -2.02. The first-order chi connectivity index (χ1) is 10.1. The number of nitro groups is 1. The number of amides is 1. The second kappa shape index (κ2) is 5.40. The van der Waals surface area contributed by atoms with E-state index < -0.39 is 22.3 Å². The lowest BCUT2D eigenvalue weighted by molar-refractivity contribution is -0.387. The van der Waals surface area contributed by atoms with Crippen LogP contribution < -0.4 is 5.32 Å². The average Bonchev–Trinajstić information content (AvgIpc) is 3.19. The second-order valence-corrected chi connectivity index (χ2v) is 5.46. The standard InChI is InChI=1S/C14H15FN2O4/c15-10-4-3-9(7-12(10)17(19)20)14(18)16-11-5-6-21-13(11)8-1-2-8/h3-4,7-8,11,13H,1-2,5-6H2,(H,16,18). The lowest BCUT2D eigenvalue weighted by Crippen LogP contribution is -2.41. The van der Waals surface area contributed by atoms with Crippen molar-refractivity contribution in [1.29, 1.82) is 0 Å². The number of carbonyl (C=O) groups excluding carboxylic acids is 1. The fourth-order valence-electron chi connectivity index (χ4n) is 2.70. The Morgan fingerprint density at radius 3 is 2.81 bits per heavy atom. The smallest absolute Gasteiger partial charge is 0.305 e. The highest BCUT2D eigenvalue weighted by Gasteiger charge is 2.41. The average molecular weight is 294 g/mol. The van der Waals surface area contributed by atoms with E-state index in [-0.39, 0.29) is 17.7 Å². The molecule has 2 fully saturated rings. The molecule has 1 aromatic carbocycles. The Bertz CT molecular complexity index is 588. The van der Waals surface area contributed by atoms with E-state index in [1.807, 2.05) is 0 Å². The molecule has 1 saturated carbocycles. The topological polar surface area (TPSA) is 81.5 Å². The molecular weight excluding hydrogens is 279 g/mol. The highest BCUT2D eigenvalue weighted by Crippen LogP contribution is 2.38. The van der Waals surface area contributed by atoms with Gasteiger partial charge in [0.1, 0.15) is 0 Å². The molecule has 3 rings (SSSR count). The van der Waals surface area contributed by atoms with Crippen molar-refractivity contribution in [3.05, 3.63) is 39.7 Å². The summed E-state index contributed by atoms with van der Waals surface area (Å²) in [4.78, 5) is 22.0. The van der Waals surface area contributed by atoms with E-state index >= 15 is 0 Å². The van der Waals surface area contributed by atoms with Crippen molar-refractivity contribution in [2.45, 2.75) is 31.4 Å². The van der Waals surface area contributed by atoms with Gasteiger partial charge in [-0.2, -0.15) is 4.39 Å². The van der Waals surface area contributed by atoms with Gasteiger partial charge in [-0.1, -0.05) is 0 Å². The lowest BCUT2D eigenvalue weighted by atomic mass is 10.1. The van der Waals surface area contributed by atoms with Gasteiger partial charge in [0.05, 0.1) is 17.1 Å². The van der Waals surface area contributed by atoms with Gasteiger partial charge in [-0.05, 0) is 37.3 Å². The Balaban J connectivity index is 1.73. The van der Waals surface area contributed by atoms with Crippen LogP contribution in [0.15, 0.2) is 18.2 Å². The van der Waals surface area contributed by atoms with Crippen molar-refractivity contribution in [1.82, 2.24) is 5.32 Å². The van der Waals surface area contributed by atoms with Crippen LogP contribution in [0.1, 0.15) is 29.6 Å². The van der Waals surface area contributed by atoms with Gasteiger partial charge in [0.2, 0.25) is 5.82 Å². The summed E-state index contributed by atoms with van der Waals surface area (Å²) in [5, 5.41) is 13.5. The second-order valence-electron chi connectivity index (χ2n) is 5.46. The quantitative estimate of drug-likeness (QED) is 0.680. The van der Waals surface area contributed by atoms with Crippen molar-refractivity contribution < 1.29 is 18.8 Å². The Labute approximate surface area is 120 Å². The summed E-state index contributed by atoms with van der Waals surface area (Å²) in [6.45, 7) is 0.607. The first-order valence-electron chi connectivity index (χ1n) is 6.92. The summed E-state index contributed by atoms with van der Waals surface area (Å²) in [6, 6.07) is 3.08. The lowest BCUT2D eigenvalue weighted by Gasteiger charge is -2.19. The Kier molecular flexibility index (Phi) is 3.59. The third-order valence-corrected chi connectivity index (χ3v) is 3.94. The number of nitrogens with one attached hydrogen (secondary N) is 1. The molecule has 1 aliphatic heterocycles. The molecule has 0 bridgehead atoms. The summed E-state index contributed by atoms with van der Waals surface area (Å²) in [5.41, 5.74) is -0.603. The third-order valence-electron chi connectivity index (χ3n) is 3.94. The van der Waals surface area contributed by atoms with E-state index in [1.165, 1.54) is 6.07 Å². The maximum absolute atomic E-state index is 13.3. The molecule has 0 radical (unpaired) electrons. The zero-order chi connectivity index (χ0) is 15.0. The first kappa shape index (κ1) is 13.9. The van der Waals surface area contributed by atoms with Crippen molar-refractivity contribution in [3.8, 4) is 0 Å². The molecule has 1 N–H and O–H groups in total. The molecule has 1 saturated heterocycles. The van der Waals surface area contributed by atoms with E-state index in [0.29, 0.717) is 12.5 Å². The van der Waals surface area contributed by atoms with Crippen molar-refractivity contribution in [2.75, 3.05) is 6.61 Å². The molecule has 2 aliphatic rings. The molecule has 1 amide bonds. The molecule has 1 aliphatic carbocycles. The summed E-state index contributed by atoms with van der Waals surface area (Å²) < 4.78 is 18.9. The molecule has 2 unspecified atom stereocenters. The van der Waals surface area contributed by atoms with Crippen LogP contribution in [0.2, 0.25) is 0 Å². The zero-order valence-corrected chi connectivity index (χ0v) is 11.3. The summed E-state index contributed by atoms with van der Waals surface area (Å²) in [5.74, 6) is -0.879. The fraction of sp³-hybridized carbons (Fsp3) is 0.500. The van der Waals surface area contributed by atoms with Gasteiger partial charge >= 0.3 is 5.69 Å². The van der Waals surface area contributed by atoms with Gasteiger partial charge in [-0.25, -0.2) is 0 Å². The molecule has 1 heterocycles. The number of nitro benzene ring substituents is 1. The molecular formula is C14H15FN2O4. The molecule has 7 heteroatoms. The fourth-order valence-corrected chi connectivity index (χ4v) is 2.70. The predicted octanol–water partition coefficient (Wildman–Crippen LogP) is 2.03. The third kappa shape index (κ3) is 2.87. The van der Waals surface area contributed by atoms with E-state index in [4.69, 9.17) is 4.74 Å². The van der Waals surface area contributed by atoms with Gasteiger partial charge in [-0.15, -0.1) is 0 Å². The number of benzene rings is 1. The van der Waals surface area contributed by atoms with Gasteiger partial charge < -0.3 is 10.1 Å². The Morgan fingerprint density at radius 1 is 1.38 bits per heavy atom. The van der Waals surface area contributed by atoms with Crippen LogP contribution in [0.5, 0.6) is 0 Å². The molecule has 6 nitrogen and oxygen atoms in total. The van der Waals surface area contributed by atoms with Gasteiger partial charge in [0.25, 0.3) is 5.91 Å². The maximum atomic E-state index is 13.3. The monoisotopic (exact) mass is 294 g/mol. The zero-order valence-electron chi connectivity index (χ0n) is 11.3. The summed E-state index contributed by atoms with van der Waals surface area (Å²) in [7, 11) is 0. The van der Waals surface area contributed by atoms with Crippen LogP contribution in [0.4, 0.5) is 10.1 Å². The summed E-state index contributed by atoms with van der Waals surface area (Å²) >= 11 is 0. The minimum atomic E-state index is -0.948. The summed E-state index contributed by atoms with van der Waals surface area (Å²) in [6.07, 6.45) is 2.98. The maximum Gasteiger partial charge on any atom is 0.305 e. The van der Waals surface area contributed by atoms with E-state index in [2.05, 4.69) is 5.32 Å². The van der Waals surface area contributed by atoms with E-state index in [0.717, 1.165) is 31.4 Å². The number of nitrogens with zero attached hydrogens (tertiary/aromatic N) is 1. The van der Waals surface area contributed by atoms with Crippen molar-refractivity contribution >= 4 is 11.6 Å². The van der Waals surface area contributed by atoms with Crippen LogP contribution in [0.25, 0.3) is 0 Å². The van der Waals surface area contributed by atoms with Crippen LogP contribution >= 0.6 is 0 Å². The Morgan fingerprint density at radius 2 is 2.14 bits per heavy atom. The first-order valence-corrected chi connectivity index (χ1v) is 6.92. The molecule has 2 atom stereocenters. The highest BCUT2D eigenvalue weighted by molar-refractivity contribution is 5.95. The van der Waals surface area contributed by atoms with Crippen LogP contribution in [0.3, 0.4) is 0 Å². The normalized spacial score (nSPS) is 24.8. The number of rotatable bonds is 4. The number of halogens is 1. The number of hydrogen-bond donors (Lipinski definition) is 1. The highest BCUT2D eigenvalue weighted by atomic mass is 19.1. The van der Waals surface area contributed by atoms with Crippen LogP contribution in [-0.4, -0.2) is 29.6 Å². The van der Waals surface area contributed by atoms with E-state index in [9.17, 15) is 19.3 Å². The molecule has 21 heavy (non-hydrogen) atoms. The van der Waals surface area contributed by atoms with Gasteiger partial charge in [0, 0.05) is 18.2 Å². The number of hydrogen-bond acceptors (Lipinski definition) is 4. The van der Waals surface area contributed by atoms with Gasteiger partial charge in [0.15, 0.2) is 0 Å². The molecule has 112 valence electrons. The van der Waals surface area contributed by atoms with Gasteiger partial charge in [-0.3, -0.25) is 14.9 Å². The predicted molar refractivity (Wildman–Crippen MR) is 71.4 cm³/mol. The SMILES string of the molecule is O=C(NC1CCOC1C1CC1)c1ccc(F)c([N+](=O)[O-])c1. The molecule has 0 aromatic heterocycles. The van der Waals surface area contributed by atoms with E-state index in [1.54, 1.807) is 0 Å². The van der Waals surface area contributed by atoms with Crippen LogP contribution in [0, 0.1) is 21.8 Å². The minimum Gasteiger partial charge on any atom is -0.376 e. The van der Waals surface area contributed by atoms with Crippen LogP contribution in [-0.2, 0) is 4.74 Å². The number of ether oxygens (including phenoxy) is 1. The molecule has 0 spiro atoms. The minimum absolute atomic E-state index is 0.0318. The number of carbonyl (C=O) groups is 1. The largest absolute Gasteiger partial charge is 0.376 e. The molecule has 1 aromatic rings. The van der Waals surface area contributed by atoms with Crippen molar-refractivity contribution in [3.63, 3.8) is 0 Å².